The van der Waals surface area contributed by atoms with E-state index in [1.807, 2.05) is 13.0 Å². The van der Waals surface area contributed by atoms with Crippen molar-refractivity contribution in [2.24, 2.45) is 5.92 Å². The fourth-order valence-electron chi connectivity index (χ4n) is 3.20. The number of ether oxygens (including phenoxy) is 2. The fourth-order valence-corrected chi connectivity index (χ4v) is 3.20. The molecule has 1 fully saturated rings. The molecule has 0 spiro atoms. The summed E-state index contributed by atoms with van der Waals surface area (Å²) in [5.41, 5.74) is 0.382. The zero-order valence-corrected chi connectivity index (χ0v) is 16.1. The Morgan fingerprint density at radius 2 is 2.07 bits per heavy atom. The van der Waals surface area contributed by atoms with Crippen molar-refractivity contribution < 1.29 is 24.0 Å². The number of anilines is 2. The maximum atomic E-state index is 12.7. The Balaban J connectivity index is 1.77. The maximum Gasteiger partial charge on any atom is 0.296 e. The van der Waals surface area contributed by atoms with Gasteiger partial charge in [-0.15, -0.1) is 0 Å². The van der Waals surface area contributed by atoms with E-state index in [-0.39, 0.29) is 30.2 Å². The van der Waals surface area contributed by atoms with Crippen LogP contribution in [0, 0.1) is 16.0 Å². The van der Waals surface area contributed by atoms with Crippen molar-refractivity contribution in [2.75, 3.05) is 30.5 Å². The summed E-state index contributed by atoms with van der Waals surface area (Å²) in [4.78, 5) is 37.4. The van der Waals surface area contributed by atoms with Crippen LogP contribution in [0.25, 0.3) is 0 Å². The zero-order valence-electron chi connectivity index (χ0n) is 16.1. The minimum Gasteiger partial charge on any atom is -0.496 e. The van der Waals surface area contributed by atoms with E-state index >= 15 is 0 Å². The Hall–Kier alpha value is -3.62. The van der Waals surface area contributed by atoms with Crippen LogP contribution in [0.15, 0.2) is 42.5 Å². The van der Waals surface area contributed by atoms with E-state index in [9.17, 15) is 19.7 Å². The standard InChI is InChI=1S/C20H21N3O6/c1-3-29-18-7-5-4-6-16(18)22-12-13(10-19(22)24)20(25)21-15-9-8-14(28-2)11-17(15)23(26)27/h4-9,11,13H,3,10,12H2,1-2H3,(H,21,25). The summed E-state index contributed by atoms with van der Waals surface area (Å²) in [6.45, 7) is 2.46. The van der Waals surface area contributed by atoms with Gasteiger partial charge in [0.25, 0.3) is 5.69 Å². The molecule has 152 valence electrons. The number of carbonyl (C=O) groups excluding carboxylic acids is 2. The first kappa shape index (κ1) is 20.1. The number of nitro groups is 1. The first-order valence-electron chi connectivity index (χ1n) is 9.10. The van der Waals surface area contributed by atoms with Crippen molar-refractivity contribution in [3.8, 4) is 11.5 Å². The molecule has 1 heterocycles. The third-order valence-electron chi connectivity index (χ3n) is 4.61. The smallest absolute Gasteiger partial charge is 0.296 e. The van der Waals surface area contributed by atoms with Gasteiger partial charge in [-0.05, 0) is 31.2 Å². The van der Waals surface area contributed by atoms with Gasteiger partial charge in [0, 0.05) is 13.0 Å². The molecule has 1 saturated heterocycles. The van der Waals surface area contributed by atoms with Crippen LogP contribution in [-0.4, -0.2) is 37.0 Å². The molecule has 1 aliphatic rings. The van der Waals surface area contributed by atoms with Crippen molar-refractivity contribution in [1.29, 1.82) is 0 Å². The van der Waals surface area contributed by atoms with Crippen molar-refractivity contribution in [2.45, 2.75) is 13.3 Å². The van der Waals surface area contributed by atoms with Gasteiger partial charge < -0.3 is 19.7 Å². The second kappa shape index (κ2) is 8.59. The van der Waals surface area contributed by atoms with Gasteiger partial charge in [-0.25, -0.2) is 0 Å². The predicted octanol–water partition coefficient (Wildman–Crippen LogP) is 2.99. The van der Waals surface area contributed by atoms with E-state index in [0.29, 0.717) is 23.8 Å². The number of nitrogens with zero attached hydrogens (tertiary/aromatic N) is 2. The van der Waals surface area contributed by atoms with Crippen molar-refractivity contribution in [3.63, 3.8) is 0 Å². The third-order valence-corrected chi connectivity index (χ3v) is 4.61. The summed E-state index contributed by atoms with van der Waals surface area (Å²) >= 11 is 0. The number of benzene rings is 2. The molecule has 0 bridgehead atoms. The summed E-state index contributed by atoms with van der Waals surface area (Å²) in [7, 11) is 1.40. The molecule has 9 heteroatoms. The van der Waals surface area contributed by atoms with Crippen molar-refractivity contribution >= 4 is 28.9 Å². The molecule has 3 rings (SSSR count). The normalized spacial score (nSPS) is 15.9. The Morgan fingerprint density at radius 1 is 1.31 bits per heavy atom. The number of rotatable bonds is 7. The van der Waals surface area contributed by atoms with E-state index < -0.39 is 16.7 Å². The number of hydrogen-bond acceptors (Lipinski definition) is 6. The summed E-state index contributed by atoms with van der Waals surface area (Å²) in [5, 5.41) is 13.9. The highest BCUT2D eigenvalue weighted by molar-refractivity contribution is 6.04. The SMILES string of the molecule is CCOc1ccccc1N1CC(C(=O)Nc2ccc(OC)cc2[N+](=O)[O-])CC1=O. The highest BCUT2D eigenvalue weighted by Crippen LogP contribution is 2.34. The molecular weight excluding hydrogens is 378 g/mol. The van der Waals surface area contributed by atoms with Crippen molar-refractivity contribution in [1.82, 2.24) is 0 Å². The molecule has 2 aromatic rings. The van der Waals surface area contributed by atoms with E-state index in [0.717, 1.165) is 0 Å². The number of methoxy groups -OCH3 is 1. The van der Waals surface area contributed by atoms with Crippen molar-refractivity contribution in [3.05, 3.63) is 52.6 Å². The summed E-state index contributed by atoms with van der Waals surface area (Å²) < 4.78 is 10.6. The van der Waals surface area contributed by atoms with Crippen LogP contribution < -0.4 is 19.7 Å². The third kappa shape index (κ3) is 4.29. The lowest BCUT2D eigenvalue weighted by molar-refractivity contribution is -0.384. The van der Waals surface area contributed by atoms with Crippen LogP contribution in [-0.2, 0) is 9.59 Å². The van der Waals surface area contributed by atoms with Gasteiger partial charge >= 0.3 is 0 Å². The topological polar surface area (TPSA) is 111 Å². The van der Waals surface area contributed by atoms with Gasteiger partial charge in [0.15, 0.2) is 0 Å². The fraction of sp³-hybridized carbons (Fsp3) is 0.300. The Morgan fingerprint density at radius 3 is 2.76 bits per heavy atom. The van der Waals surface area contributed by atoms with Gasteiger partial charge in [-0.2, -0.15) is 0 Å². The molecule has 0 saturated carbocycles. The maximum absolute atomic E-state index is 12.7. The van der Waals surface area contributed by atoms with E-state index in [4.69, 9.17) is 9.47 Å². The van der Waals surface area contributed by atoms with E-state index in [1.54, 1.807) is 18.2 Å². The molecule has 2 aromatic carbocycles. The summed E-state index contributed by atoms with van der Waals surface area (Å²) in [6, 6.07) is 11.3. The first-order valence-corrected chi connectivity index (χ1v) is 9.10. The first-order chi connectivity index (χ1) is 13.9. The predicted molar refractivity (Wildman–Crippen MR) is 106 cm³/mol. The van der Waals surface area contributed by atoms with Crippen LogP contribution in [0.2, 0.25) is 0 Å². The molecular formula is C20H21N3O6. The lowest BCUT2D eigenvalue weighted by Gasteiger charge is -2.20. The molecule has 1 atom stereocenters. The number of nitrogens with one attached hydrogen (secondary N) is 1. The summed E-state index contributed by atoms with van der Waals surface area (Å²) in [6.07, 6.45) is 0.0102. The van der Waals surface area contributed by atoms with Gasteiger partial charge in [-0.3, -0.25) is 19.7 Å². The number of para-hydroxylation sites is 2. The lowest BCUT2D eigenvalue weighted by Crippen LogP contribution is -2.28. The van der Waals surface area contributed by atoms with Gasteiger partial charge in [0.1, 0.15) is 17.2 Å². The average Bonchev–Trinajstić information content (AvgIpc) is 3.10. The second-order valence-electron chi connectivity index (χ2n) is 6.44. The highest BCUT2D eigenvalue weighted by atomic mass is 16.6. The molecule has 2 amide bonds. The second-order valence-corrected chi connectivity index (χ2v) is 6.44. The summed E-state index contributed by atoms with van der Waals surface area (Å²) in [5.74, 6) is -0.428. The van der Waals surface area contributed by atoms with E-state index in [1.165, 1.54) is 30.2 Å². The van der Waals surface area contributed by atoms with Gasteiger partial charge in [0.2, 0.25) is 11.8 Å². The number of hydrogen-bond donors (Lipinski definition) is 1. The van der Waals surface area contributed by atoms with E-state index in [2.05, 4.69) is 5.32 Å². The Bertz CT molecular complexity index is 946. The lowest BCUT2D eigenvalue weighted by atomic mass is 10.1. The molecule has 9 nitrogen and oxygen atoms in total. The zero-order chi connectivity index (χ0) is 21.0. The number of carbonyl (C=O) groups is 2. The van der Waals surface area contributed by atoms with Crippen LogP contribution in [0.3, 0.4) is 0 Å². The van der Waals surface area contributed by atoms with Crippen LogP contribution in [0.5, 0.6) is 11.5 Å². The van der Waals surface area contributed by atoms with Crippen LogP contribution in [0.4, 0.5) is 17.1 Å². The quantitative estimate of drug-likeness (QED) is 0.566. The molecule has 0 radical (unpaired) electrons. The molecule has 1 unspecified atom stereocenters. The minimum absolute atomic E-state index is 0.0102. The van der Waals surface area contributed by atoms with Gasteiger partial charge in [0.05, 0.1) is 36.3 Å². The monoisotopic (exact) mass is 399 g/mol. The number of amides is 2. The van der Waals surface area contributed by atoms with Crippen LogP contribution >= 0.6 is 0 Å². The average molecular weight is 399 g/mol. The largest absolute Gasteiger partial charge is 0.496 e. The number of nitro benzene ring substituents is 1. The molecule has 1 N–H and O–H groups in total. The molecule has 29 heavy (non-hydrogen) atoms. The van der Waals surface area contributed by atoms with Gasteiger partial charge in [-0.1, -0.05) is 12.1 Å². The molecule has 1 aliphatic heterocycles. The van der Waals surface area contributed by atoms with Crippen LogP contribution in [0.1, 0.15) is 13.3 Å². The minimum atomic E-state index is -0.640. The molecule has 0 aromatic heterocycles. The Kier molecular flexibility index (Phi) is 5.96. The highest BCUT2D eigenvalue weighted by Gasteiger charge is 2.36. The Labute approximate surface area is 167 Å². The molecule has 0 aliphatic carbocycles.